The van der Waals surface area contributed by atoms with E-state index in [4.69, 9.17) is 0 Å². The van der Waals surface area contributed by atoms with Crippen molar-refractivity contribution in [1.29, 1.82) is 0 Å². The summed E-state index contributed by atoms with van der Waals surface area (Å²) >= 11 is 0. The second-order valence-corrected chi connectivity index (χ2v) is 7.74. The maximum atomic E-state index is 4.25. The molecule has 3 heterocycles. The van der Waals surface area contributed by atoms with Gasteiger partial charge in [0.15, 0.2) is 0 Å². The Bertz CT molecular complexity index is 1090. The summed E-state index contributed by atoms with van der Waals surface area (Å²) in [6.07, 6.45) is 5.42. The van der Waals surface area contributed by atoms with Crippen LogP contribution in [0.15, 0.2) is 164 Å². The normalized spacial score (nSPS) is 9.41. The van der Waals surface area contributed by atoms with E-state index >= 15 is 0 Å². The van der Waals surface area contributed by atoms with Crippen molar-refractivity contribution in [3.05, 3.63) is 164 Å². The molecule has 0 amide bonds. The summed E-state index contributed by atoms with van der Waals surface area (Å²) in [4.78, 5) is 12.7. The van der Waals surface area contributed by atoms with Crippen LogP contribution in [-0.2, 0) is 19.5 Å². The van der Waals surface area contributed by atoms with Gasteiger partial charge in [0.05, 0.1) is 17.1 Å². The van der Waals surface area contributed by atoms with Crippen molar-refractivity contribution in [1.82, 2.24) is 15.0 Å². The number of pyridine rings is 3. The largest absolute Gasteiger partial charge is 0.256 e. The Balaban J connectivity index is 0.000000152. The fourth-order valence-electron chi connectivity index (χ4n) is 3.43. The van der Waals surface area contributed by atoms with Gasteiger partial charge in [0.25, 0.3) is 0 Å². The second kappa shape index (κ2) is 15.7. The fraction of sp³-hybridized carbons (Fsp3) is 0. The summed E-state index contributed by atoms with van der Waals surface area (Å²) < 4.78 is 0. The van der Waals surface area contributed by atoms with E-state index < -0.39 is 0 Å². The van der Waals surface area contributed by atoms with Gasteiger partial charge < -0.3 is 0 Å². The first-order chi connectivity index (χ1) is 17.9. The third kappa shape index (κ3) is 9.03. The smallest absolute Gasteiger partial charge is 0.0701 e. The van der Waals surface area contributed by atoms with E-state index in [1.165, 1.54) is 0 Å². The predicted octanol–water partition coefficient (Wildman–Crippen LogP) is 8.24. The number of rotatable bonds is 3. The van der Waals surface area contributed by atoms with E-state index in [1.807, 2.05) is 128 Å². The molecule has 0 spiro atoms. The van der Waals surface area contributed by atoms with Crippen molar-refractivity contribution in [2.24, 2.45) is 0 Å². The minimum Gasteiger partial charge on any atom is -0.256 e. The Morgan fingerprint density at radius 2 is 0.514 bits per heavy atom. The van der Waals surface area contributed by atoms with Gasteiger partial charge in [0, 0.05) is 54.8 Å². The zero-order valence-electron chi connectivity index (χ0n) is 20.3. The van der Waals surface area contributed by atoms with Crippen molar-refractivity contribution in [2.75, 3.05) is 0 Å². The van der Waals surface area contributed by atoms with E-state index in [0.717, 1.165) is 33.8 Å². The van der Waals surface area contributed by atoms with Crippen LogP contribution in [0.3, 0.4) is 0 Å². The predicted molar refractivity (Wildman–Crippen MR) is 149 cm³/mol. The molecule has 3 nitrogen and oxygen atoms in total. The van der Waals surface area contributed by atoms with Gasteiger partial charge in [-0.3, -0.25) is 15.0 Å². The summed E-state index contributed by atoms with van der Waals surface area (Å²) in [5.41, 5.74) is 6.57. The topological polar surface area (TPSA) is 38.7 Å². The second-order valence-electron chi connectivity index (χ2n) is 7.74. The molecule has 6 aromatic rings. The SMILES string of the molecule is [Ru].c1ccc(-c2ccccn2)cc1.c1ccc(-c2ccccn2)cc1.c1ccc(-c2ccccn2)cc1. The Morgan fingerprint density at radius 3 is 0.730 bits per heavy atom. The van der Waals surface area contributed by atoms with Crippen LogP contribution < -0.4 is 0 Å². The van der Waals surface area contributed by atoms with Gasteiger partial charge in [-0.25, -0.2) is 0 Å². The van der Waals surface area contributed by atoms with E-state index in [0.29, 0.717) is 0 Å². The number of hydrogen-bond donors (Lipinski definition) is 0. The first kappa shape index (κ1) is 27.3. The van der Waals surface area contributed by atoms with Crippen LogP contribution in [0.4, 0.5) is 0 Å². The standard InChI is InChI=1S/3C11H9N.Ru/c3*1-2-6-10(7-3-1)11-8-4-5-9-12-11;/h3*1-9H;. The Kier molecular flexibility index (Phi) is 11.6. The third-order valence-corrected chi connectivity index (χ3v) is 5.20. The van der Waals surface area contributed by atoms with Crippen LogP contribution in [-0.4, -0.2) is 15.0 Å². The Labute approximate surface area is 231 Å². The van der Waals surface area contributed by atoms with Gasteiger partial charge in [0.2, 0.25) is 0 Å². The zero-order valence-corrected chi connectivity index (χ0v) is 22.0. The van der Waals surface area contributed by atoms with Crippen molar-refractivity contribution in [3.63, 3.8) is 0 Å². The molecule has 0 unspecified atom stereocenters. The maximum Gasteiger partial charge on any atom is 0.0701 e. The molecule has 37 heavy (non-hydrogen) atoms. The van der Waals surface area contributed by atoms with E-state index in [9.17, 15) is 0 Å². The molecule has 4 heteroatoms. The molecule has 0 atom stereocenters. The number of aromatic nitrogens is 3. The number of benzene rings is 3. The van der Waals surface area contributed by atoms with Gasteiger partial charge in [-0.2, -0.15) is 0 Å². The zero-order chi connectivity index (χ0) is 24.7. The number of nitrogens with zero attached hydrogens (tertiary/aromatic N) is 3. The van der Waals surface area contributed by atoms with Gasteiger partial charge in [-0.05, 0) is 36.4 Å². The third-order valence-electron chi connectivity index (χ3n) is 5.20. The van der Waals surface area contributed by atoms with Crippen LogP contribution in [0.2, 0.25) is 0 Å². The molecule has 0 saturated carbocycles. The average molecular weight is 567 g/mol. The van der Waals surface area contributed by atoms with Crippen LogP contribution in [0.5, 0.6) is 0 Å². The molecule has 0 aliphatic carbocycles. The van der Waals surface area contributed by atoms with Gasteiger partial charge in [-0.1, -0.05) is 109 Å². The van der Waals surface area contributed by atoms with Gasteiger partial charge >= 0.3 is 0 Å². The summed E-state index contributed by atoms with van der Waals surface area (Å²) in [5.74, 6) is 0. The average Bonchev–Trinajstić information content (AvgIpc) is 3.01. The molecule has 0 aliphatic heterocycles. The molecule has 0 saturated heterocycles. The van der Waals surface area contributed by atoms with Crippen molar-refractivity contribution < 1.29 is 19.5 Å². The molecular formula is C33H27N3Ru. The molecule has 3 aromatic carbocycles. The van der Waals surface area contributed by atoms with E-state index in [1.54, 1.807) is 0 Å². The van der Waals surface area contributed by atoms with Crippen molar-refractivity contribution in [2.45, 2.75) is 0 Å². The van der Waals surface area contributed by atoms with Crippen LogP contribution in [0.1, 0.15) is 0 Å². The fourth-order valence-corrected chi connectivity index (χ4v) is 3.43. The van der Waals surface area contributed by atoms with Crippen LogP contribution in [0, 0.1) is 0 Å². The number of hydrogen-bond acceptors (Lipinski definition) is 3. The van der Waals surface area contributed by atoms with Crippen molar-refractivity contribution in [3.8, 4) is 33.8 Å². The van der Waals surface area contributed by atoms with Crippen molar-refractivity contribution >= 4 is 0 Å². The molecule has 0 radical (unpaired) electrons. The van der Waals surface area contributed by atoms with E-state index in [-0.39, 0.29) is 19.5 Å². The van der Waals surface area contributed by atoms with Gasteiger partial charge in [0.1, 0.15) is 0 Å². The molecular weight excluding hydrogens is 539 g/mol. The molecule has 3 aromatic heterocycles. The summed E-state index contributed by atoms with van der Waals surface area (Å²) in [6.45, 7) is 0. The molecule has 182 valence electrons. The Morgan fingerprint density at radius 1 is 0.270 bits per heavy atom. The monoisotopic (exact) mass is 567 g/mol. The molecule has 6 rings (SSSR count). The van der Waals surface area contributed by atoms with Crippen LogP contribution in [0.25, 0.3) is 33.8 Å². The summed E-state index contributed by atoms with van der Waals surface area (Å²) in [7, 11) is 0. The summed E-state index contributed by atoms with van der Waals surface area (Å²) in [6, 6.07) is 48.3. The first-order valence-corrected chi connectivity index (χ1v) is 11.8. The quantitative estimate of drug-likeness (QED) is 0.203. The van der Waals surface area contributed by atoms with E-state index in [2.05, 4.69) is 51.4 Å². The maximum absolute atomic E-state index is 4.25. The molecule has 0 bridgehead atoms. The van der Waals surface area contributed by atoms with Crippen LogP contribution >= 0.6 is 0 Å². The minimum absolute atomic E-state index is 0. The molecule has 0 aliphatic rings. The summed E-state index contributed by atoms with van der Waals surface area (Å²) in [5, 5.41) is 0. The molecule has 0 fully saturated rings. The molecule has 0 N–H and O–H groups in total. The first-order valence-electron chi connectivity index (χ1n) is 11.8. The Hall–Kier alpha value is -4.27. The van der Waals surface area contributed by atoms with Gasteiger partial charge in [-0.15, -0.1) is 0 Å². The minimum atomic E-state index is 0.